The molecule has 7 nitrogen and oxygen atoms in total. The molecule has 0 saturated heterocycles. The predicted molar refractivity (Wildman–Crippen MR) is 89.2 cm³/mol. The maximum Gasteiger partial charge on any atom is 0.347 e. The summed E-state index contributed by atoms with van der Waals surface area (Å²) >= 11 is 0.907. The fourth-order valence-electron chi connectivity index (χ4n) is 2.00. The second-order valence-corrected chi connectivity index (χ2v) is 5.85. The van der Waals surface area contributed by atoms with Crippen LogP contribution in [-0.4, -0.2) is 31.9 Å². The number of hydrogen-bond acceptors (Lipinski definition) is 6. The quantitative estimate of drug-likeness (QED) is 0.756. The van der Waals surface area contributed by atoms with Crippen LogP contribution in [0.25, 0.3) is 11.4 Å². The van der Waals surface area contributed by atoms with Crippen LogP contribution in [0.15, 0.2) is 42.7 Å². The van der Waals surface area contributed by atoms with Gasteiger partial charge in [-0.1, -0.05) is 41.7 Å². The van der Waals surface area contributed by atoms with Gasteiger partial charge < -0.3 is 5.11 Å². The van der Waals surface area contributed by atoms with Crippen LogP contribution < -0.4 is 5.32 Å². The van der Waals surface area contributed by atoms with Crippen LogP contribution in [0.5, 0.6) is 0 Å². The van der Waals surface area contributed by atoms with Gasteiger partial charge in [-0.2, -0.15) is 0 Å². The second-order valence-electron chi connectivity index (χ2n) is 4.85. The van der Waals surface area contributed by atoms with Crippen molar-refractivity contribution in [2.45, 2.75) is 6.92 Å². The van der Waals surface area contributed by atoms with Crippen molar-refractivity contribution in [3.05, 3.63) is 58.9 Å². The van der Waals surface area contributed by atoms with Gasteiger partial charge >= 0.3 is 5.97 Å². The van der Waals surface area contributed by atoms with E-state index in [1.807, 2.05) is 30.3 Å². The minimum absolute atomic E-state index is 0.0981. The number of hydrogen-bond donors (Lipinski definition) is 2. The molecule has 0 spiro atoms. The highest BCUT2D eigenvalue weighted by Gasteiger charge is 2.16. The van der Waals surface area contributed by atoms with Crippen molar-refractivity contribution in [2.75, 3.05) is 5.32 Å². The number of carboxylic acids is 1. The zero-order chi connectivity index (χ0) is 17.1. The largest absolute Gasteiger partial charge is 0.477 e. The topological polar surface area (TPSA) is 105 Å². The maximum absolute atomic E-state index is 12.2. The molecule has 0 atom stereocenters. The molecule has 0 unspecified atom stereocenters. The van der Waals surface area contributed by atoms with Gasteiger partial charge in [0.15, 0.2) is 11.0 Å². The molecule has 0 fully saturated rings. The van der Waals surface area contributed by atoms with Crippen molar-refractivity contribution in [3.8, 4) is 11.4 Å². The van der Waals surface area contributed by atoms with Crippen LogP contribution in [0.1, 0.15) is 25.7 Å². The summed E-state index contributed by atoms with van der Waals surface area (Å²) in [5.74, 6) is -0.994. The smallest absolute Gasteiger partial charge is 0.347 e. The molecule has 2 heterocycles. The summed E-state index contributed by atoms with van der Waals surface area (Å²) in [5, 5.41) is 11.8. The van der Waals surface area contributed by atoms with Crippen LogP contribution >= 0.6 is 11.3 Å². The van der Waals surface area contributed by atoms with E-state index in [0.717, 1.165) is 16.9 Å². The Balaban J connectivity index is 1.76. The molecule has 120 valence electrons. The van der Waals surface area contributed by atoms with Gasteiger partial charge in [-0.3, -0.25) is 10.1 Å². The van der Waals surface area contributed by atoms with Crippen molar-refractivity contribution >= 4 is 28.3 Å². The van der Waals surface area contributed by atoms with E-state index in [2.05, 4.69) is 20.3 Å². The third-order valence-corrected chi connectivity index (χ3v) is 4.22. The lowest BCUT2D eigenvalue weighted by Gasteiger charge is -2.03. The summed E-state index contributed by atoms with van der Waals surface area (Å²) in [6.07, 6.45) is 2.84. The van der Waals surface area contributed by atoms with Crippen LogP contribution in [0.4, 0.5) is 5.13 Å². The Hall–Kier alpha value is -3.13. The number of nitrogens with zero attached hydrogens (tertiary/aromatic N) is 3. The number of aromatic nitrogens is 3. The number of nitrogens with one attached hydrogen (secondary N) is 1. The molecule has 1 aromatic carbocycles. The Kier molecular flexibility index (Phi) is 4.30. The molecule has 3 aromatic rings. The number of thiazole rings is 1. The fraction of sp³-hybridized carbons (Fsp3) is 0.0625. The number of anilines is 1. The summed E-state index contributed by atoms with van der Waals surface area (Å²) in [6, 6.07) is 9.41. The van der Waals surface area contributed by atoms with Crippen molar-refractivity contribution in [3.63, 3.8) is 0 Å². The van der Waals surface area contributed by atoms with Gasteiger partial charge in [0, 0.05) is 18.0 Å². The Morgan fingerprint density at radius 1 is 1.12 bits per heavy atom. The van der Waals surface area contributed by atoms with Crippen molar-refractivity contribution < 1.29 is 14.7 Å². The van der Waals surface area contributed by atoms with Crippen molar-refractivity contribution in [1.29, 1.82) is 0 Å². The first-order valence-electron chi connectivity index (χ1n) is 6.94. The molecular formula is C16H12N4O3S. The Morgan fingerprint density at radius 3 is 2.38 bits per heavy atom. The zero-order valence-electron chi connectivity index (χ0n) is 12.6. The zero-order valence-corrected chi connectivity index (χ0v) is 13.4. The van der Waals surface area contributed by atoms with Gasteiger partial charge in [-0.15, -0.1) is 0 Å². The summed E-state index contributed by atoms with van der Waals surface area (Å²) < 4.78 is 0. The molecule has 3 rings (SSSR count). The number of amides is 1. The van der Waals surface area contributed by atoms with Crippen LogP contribution in [0.2, 0.25) is 0 Å². The number of carbonyl (C=O) groups is 2. The summed E-state index contributed by atoms with van der Waals surface area (Å²) in [7, 11) is 0. The highest BCUT2D eigenvalue weighted by molar-refractivity contribution is 7.17. The highest BCUT2D eigenvalue weighted by Crippen LogP contribution is 2.23. The third kappa shape index (κ3) is 3.28. The molecular weight excluding hydrogens is 328 g/mol. The average Bonchev–Trinajstić information content (AvgIpc) is 2.96. The predicted octanol–water partition coefficient (Wildman–Crippen LogP) is 2.86. The first-order chi connectivity index (χ1) is 11.5. The minimum atomic E-state index is -1.07. The number of carboxylic acid groups (broad SMARTS) is 1. The first kappa shape index (κ1) is 15.8. The number of aromatic carboxylic acids is 1. The second kappa shape index (κ2) is 6.55. The maximum atomic E-state index is 12.2. The van der Waals surface area contributed by atoms with Gasteiger partial charge in [0.25, 0.3) is 5.91 Å². The van der Waals surface area contributed by atoms with Gasteiger partial charge in [-0.05, 0) is 6.92 Å². The molecule has 0 radical (unpaired) electrons. The SMILES string of the molecule is Cc1nc(NC(=O)c2cnc(-c3ccccc3)nc2)sc1C(=O)O. The Morgan fingerprint density at radius 2 is 1.79 bits per heavy atom. The molecule has 2 N–H and O–H groups in total. The third-order valence-electron chi connectivity index (χ3n) is 3.16. The molecule has 0 bridgehead atoms. The number of aryl methyl sites for hydroxylation is 1. The lowest BCUT2D eigenvalue weighted by molar-refractivity contribution is 0.0701. The molecule has 0 aliphatic rings. The normalized spacial score (nSPS) is 10.4. The molecule has 2 aromatic heterocycles. The number of rotatable bonds is 4. The lowest BCUT2D eigenvalue weighted by Crippen LogP contribution is -2.12. The van der Waals surface area contributed by atoms with Crippen LogP contribution in [0.3, 0.4) is 0 Å². The van der Waals surface area contributed by atoms with E-state index in [0.29, 0.717) is 11.5 Å². The standard InChI is InChI=1S/C16H12N4O3S/c1-9-12(15(22)23)24-16(19-9)20-14(21)11-7-17-13(18-8-11)10-5-3-2-4-6-10/h2-8H,1H3,(H,22,23)(H,19,20,21). The van der Waals surface area contributed by atoms with E-state index in [4.69, 9.17) is 5.11 Å². The van der Waals surface area contributed by atoms with E-state index in [9.17, 15) is 9.59 Å². The van der Waals surface area contributed by atoms with E-state index in [1.165, 1.54) is 12.4 Å². The average molecular weight is 340 g/mol. The van der Waals surface area contributed by atoms with Crippen molar-refractivity contribution in [2.24, 2.45) is 0 Å². The van der Waals surface area contributed by atoms with Crippen LogP contribution in [-0.2, 0) is 0 Å². The molecule has 24 heavy (non-hydrogen) atoms. The number of benzene rings is 1. The Labute approximate surface area is 141 Å². The minimum Gasteiger partial charge on any atom is -0.477 e. The van der Waals surface area contributed by atoms with Gasteiger partial charge in [-0.25, -0.2) is 19.7 Å². The van der Waals surface area contributed by atoms with E-state index in [-0.39, 0.29) is 15.6 Å². The Bertz CT molecular complexity index is 891. The molecule has 0 saturated carbocycles. The van der Waals surface area contributed by atoms with E-state index in [1.54, 1.807) is 6.92 Å². The van der Waals surface area contributed by atoms with Gasteiger partial charge in [0.05, 0.1) is 11.3 Å². The summed E-state index contributed by atoms with van der Waals surface area (Å²) in [6.45, 7) is 1.58. The fourth-order valence-corrected chi connectivity index (χ4v) is 2.80. The molecule has 0 aliphatic carbocycles. The van der Waals surface area contributed by atoms with Crippen LogP contribution in [0, 0.1) is 6.92 Å². The molecule has 8 heteroatoms. The van der Waals surface area contributed by atoms with Gasteiger partial charge in [0.1, 0.15) is 4.88 Å². The number of carbonyl (C=O) groups excluding carboxylic acids is 1. The molecule has 1 amide bonds. The van der Waals surface area contributed by atoms with E-state index < -0.39 is 11.9 Å². The summed E-state index contributed by atoms with van der Waals surface area (Å²) in [5.41, 5.74) is 1.48. The first-order valence-corrected chi connectivity index (χ1v) is 7.76. The summed E-state index contributed by atoms with van der Waals surface area (Å²) in [4.78, 5) is 35.7. The highest BCUT2D eigenvalue weighted by atomic mass is 32.1. The monoisotopic (exact) mass is 340 g/mol. The lowest BCUT2D eigenvalue weighted by atomic mass is 10.2. The van der Waals surface area contributed by atoms with Crippen molar-refractivity contribution in [1.82, 2.24) is 15.0 Å². The van der Waals surface area contributed by atoms with E-state index >= 15 is 0 Å². The molecule has 0 aliphatic heterocycles. The van der Waals surface area contributed by atoms with Gasteiger partial charge in [0.2, 0.25) is 0 Å².